The summed E-state index contributed by atoms with van der Waals surface area (Å²) in [5.74, 6) is -1.32. The highest BCUT2D eigenvalue weighted by atomic mass is 19.1. The Balaban J connectivity index is 1.79. The number of carbonyl (C=O) groups is 1. The number of benzene rings is 1. The van der Waals surface area contributed by atoms with Gasteiger partial charge in [0.25, 0.3) is 0 Å². The standard InChI is InChI=1S/C15H17F2NO3/c16-12-1-2-13(17)11(7-12)8-14(19)18-4-6-21-10-15(18)3-5-20-9-15/h1-2,7H,3-6,8-10H2/t15-/m1/s1. The van der Waals surface area contributed by atoms with Crippen molar-refractivity contribution in [2.75, 3.05) is 33.0 Å². The maximum absolute atomic E-state index is 13.7. The summed E-state index contributed by atoms with van der Waals surface area (Å²) in [4.78, 5) is 14.2. The zero-order chi connectivity index (χ0) is 14.9. The largest absolute Gasteiger partial charge is 0.379 e. The molecule has 1 atom stereocenters. The minimum absolute atomic E-state index is 0.0838. The Hall–Kier alpha value is -1.53. The molecule has 4 nitrogen and oxygen atoms in total. The van der Waals surface area contributed by atoms with E-state index in [0.717, 1.165) is 18.2 Å². The van der Waals surface area contributed by atoms with Crippen LogP contribution in [0.5, 0.6) is 0 Å². The van der Waals surface area contributed by atoms with E-state index < -0.39 is 17.2 Å². The summed E-state index contributed by atoms with van der Waals surface area (Å²) in [6.45, 7) is 2.37. The van der Waals surface area contributed by atoms with Crippen molar-refractivity contribution in [3.63, 3.8) is 0 Å². The van der Waals surface area contributed by atoms with Crippen molar-refractivity contribution in [3.8, 4) is 0 Å². The quantitative estimate of drug-likeness (QED) is 0.831. The van der Waals surface area contributed by atoms with Gasteiger partial charge < -0.3 is 14.4 Å². The number of hydrogen-bond acceptors (Lipinski definition) is 3. The van der Waals surface area contributed by atoms with Gasteiger partial charge in [-0.3, -0.25) is 4.79 Å². The van der Waals surface area contributed by atoms with Crippen LogP contribution in [-0.4, -0.2) is 49.3 Å². The number of halogens is 2. The number of carbonyl (C=O) groups excluding carboxylic acids is 1. The van der Waals surface area contributed by atoms with E-state index in [9.17, 15) is 13.6 Å². The summed E-state index contributed by atoms with van der Waals surface area (Å²) in [6, 6.07) is 3.17. The molecule has 1 amide bonds. The van der Waals surface area contributed by atoms with E-state index in [4.69, 9.17) is 9.47 Å². The van der Waals surface area contributed by atoms with Gasteiger partial charge in [0.2, 0.25) is 5.91 Å². The third-order valence-electron chi connectivity index (χ3n) is 4.14. The van der Waals surface area contributed by atoms with Crippen LogP contribution in [0.1, 0.15) is 12.0 Å². The Morgan fingerprint density at radius 2 is 2.00 bits per heavy atom. The fourth-order valence-corrected chi connectivity index (χ4v) is 2.98. The summed E-state index contributed by atoms with van der Waals surface area (Å²) in [7, 11) is 0. The molecular formula is C15H17F2NO3. The molecule has 2 saturated heterocycles. The first-order chi connectivity index (χ1) is 10.1. The second-order valence-corrected chi connectivity index (χ2v) is 5.54. The molecule has 2 aliphatic rings. The van der Waals surface area contributed by atoms with E-state index in [2.05, 4.69) is 0 Å². The molecule has 1 aromatic rings. The third-order valence-corrected chi connectivity index (χ3v) is 4.14. The second-order valence-electron chi connectivity index (χ2n) is 5.54. The molecule has 1 spiro atoms. The molecule has 0 unspecified atom stereocenters. The van der Waals surface area contributed by atoms with Crippen LogP contribution in [0.2, 0.25) is 0 Å². The first kappa shape index (κ1) is 14.4. The van der Waals surface area contributed by atoms with Gasteiger partial charge >= 0.3 is 0 Å². The number of nitrogens with zero attached hydrogens (tertiary/aromatic N) is 1. The molecule has 1 aromatic carbocycles. The molecule has 2 heterocycles. The molecule has 6 heteroatoms. The second kappa shape index (κ2) is 5.69. The predicted octanol–water partition coefficient (Wildman–Crippen LogP) is 1.53. The highest BCUT2D eigenvalue weighted by Crippen LogP contribution is 2.30. The lowest BCUT2D eigenvalue weighted by atomic mass is 9.95. The monoisotopic (exact) mass is 297 g/mol. The van der Waals surface area contributed by atoms with Gasteiger partial charge in [-0.15, -0.1) is 0 Å². The van der Waals surface area contributed by atoms with E-state index in [1.807, 2.05) is 0 Å². The molecule has 0 saturated carbocycles. The highest BCUT2D eigenvalue weighted by molar-refractivity contribution is 5.80. The maximum Gasteiger partial charge on any atom is 0.227 e. The lowest BCUT2D eigenvalue weighted by Crippen LogP contribution is -2.60. The van der Waals surface area contributed by atoms with E-state index in [1.54, 1.807) is 4.90 Å². The predicted molar refractivity (Wildman–Crippen MR) is 70.8 cm³/mol. The number of ether oxygens (including phenoxy) is 2. The van der Waals surface area contributed by atoms with Gasteiger partial charge in [0.15, 0.2) is 0 Å². The van der Waals surface area contributed by atoms with Crippen molar-refractivity contribution in [1.82, 2.24) is 4.90 Å². The maximum atomic E-state index is 13.7. The summed E-state index contributed by atoms with van der Waals surface area (Å²) in [6.07, 6.45) is 0.565. The molecule has 114 valence electrons. The van der Waals surface area contributed by atoms with Crippen LogP contribution in [0.4, 0.5) is 8.78 Å². The molecule has 2 fully saturated rings. The van der Waals surface area contributed by atoms with Gasteiger partial charge in [-0.2, -0.15) is 0 Å². The van der Waals surface area contributed by atoms with Crippen molar-refractivity contribution >= 4 is 5.91 Å². The van der Waals surface area contributed by atoms with Crippen LogP contribution in [0.3, 0.4) is 0 Å². The average molecular weight is 297 g/mol. The van der Waals surface area contributed by atoms with Gasteiger partial charge in [0.05, 0.1) is 31.8 Å². The van der Waals surface area contributed by atoms with Gasteiger partial charge in [-0.1, -0.05) is 0 Å². The number of amides is 1. The SMILES string of the molecule is O=C(Cc1cc(F)ccc1F)N1CCOC[C@]12CCOC2. The first-order valence-electron chi connectivity index (χ1n) is 7.01. The van der Waals surface area contributed by atoms with Crippen LogP contribution >= 0.6 is 0 Å². The molecule has 2 aliphatic heterocycles. The Morgan fingerprint density at radius 3 is 2.76 bits per heavy atom. The minimum atomic E-state index is -0.560. The third kappa shape index (κ3) is 2.78. The minimum Gasteiger partial charge on any atom is -0.379 e. The highest BCUT2D eigenvalue weighted by Gasteiger charge is 2.45. The topological polar surface area (TPSA) is 38.8 Å². The molecule has 0 radical (unpaired) electrons. The van der Waals surface area contributed by atoms with Crippen molar-refractivity contribution in [1.29, 1.82) is 0 Å². The molecule has 3 rings (SSSR count). The summed E-state index contributed by atoms with van der Waals surface area (Å²) < 4.78 is 37.8. The molecule has 0 aliphatic carbocycles. The van der Waals surface area contributed by atoms with Crippen LogP contribution in [0, 0.1) is 11.6 Å². The van der Waals surface area contributed by atoms with Crippen LogP contribution in [0.15, 0.2) is 18.2 Å². The number of rotatable bonds is 2. The number of hydrogen-bond donors (Lipinski definition) is 0. The fraction of sp³-hybridized carbons (Fsp3) is 0.533. The molecule has 0 N–H and O–H groups in total. The van der Waals surface area contributed by atoms with E-state index in [-0.39, 0.29) is 17.9 Å². The zero-order valence-corrected chi connectivity index (χ0v) is 11.6. The molecule has 0 bridgehead atoms. The van der Waals surface area contributed by atoms with Gasteiger partial charge in [0, 0.05) is 18.7 Å². The van der Waals surface area contributed by atoms with Gasteiger partial charge in [0.1, 0.15) is 11.6 Å². The molecular weight excluding hydrogens is 280 g/mol. The van der Waals surface area contributed by atoms with Crippen LogP contribution < -0.4 is 0 Å². The Kier molecular flexibility index (Phi) is 3.91. The van der Waals surface area contributed by atoms with E-state index >= 15 is 0 Å². The Bertz CT molecular complexity index is 544. The van der Waals surface area contributed by atoms with Gasteiger partial charge in [-0.25, -0.2) is 8.78 Å². The average Bonchev–Trinajstić information content (AvgIpc) is 2.92. The molecule has 0 aromatic heterocycles. The summed E-state index contributed by atoms with van der Waals surface area (Å²) in [5, 5.41) is 0. The van der Waals surface area contributed by atoms with E-state index in [0.29, 0.717) is 39.4 Å². The van der Waals surface area contributed by atoms with Crippen molar-refractivity contribution < 1.29 is 23.0 Å². The fourth-order valence-electron chi connectivity index (χ4n) is 2.98. The summed E-state index contributed by atoms with van der Waals surface area (Å²) in [5.41, 5.74) is -0.361. The van der Waals surface area contributed by atoms with Crippen molar-refractivity contribution in [2.24, 2.45) is 0 Å². The Labute approximate surface area is 121 Å². The first-order valence-corrected chi connectivity index (χ1v) is 7.01. The van der Waals surface area contributed by atoms with Crippen LogP contribution in [0.25, 0.3) is 0 Å². The Morgan fingerprint density at radius 1 is 1.24 bits per heavy atom. The zero-order valence-electron chi connectivity index (χ0n) is 11.6. The van der Waals surface area contributed by atoms with Gasteiger partial charge in [-0.05, 0) is 24.6 Å². The van der Waals surface area contributed by atoms with Crippen molar-refractivity contribution in [3.05, 3.63) is 35.4 Å². The lowest BCUT2D eigenvalue weighted by molar-refractivity contribution is -0.148. The van der Waals surface area contributed by atoms with Crippen molar-refractivity contribution in [2.45, 2.75) is 18.4 Å². The summed E-state index contributed by atoms with van der Waals surface area (Å²) >= 11 is 0. The number of morpholine rings is 1. The normalized spacial score (nSPS) is 25.5. The lowest BCUT2D eigenvalue weighted by Gasteiger charge is -2.43. The van der Waals surface area contributed by atoms with Crippen LogP contribution in [-0.2, 0) is 20.7 Å². The molecule has 21 heavy (non-hydrogen) atoms. The van der Waals surface area contributed by atoms with E-state index in [1.165, 1.54) is 0 Å². The smallest absolute Gasteiger partial charge is 0.227 e.